The quantitative estimate of drug-likeness (QED) is 0.182. The van der Waals surface area contributed by atoms with Gasteiger partial charge in [0.1, 0.15) is 23.5 Å². The Morgan fingerprint density at radius 1 is 0.923 bits per heavy atom. The van der Waals surface area contributed by atoms with Crippen LogP contribution < -0.4 is 4.74 Å². The van der Waals surface area contributed by atoms with Gasteiger partial charge in [-0.25, -0.2) is 14.6 Å². The van der Waals surface area contributed by atoms with Gasteiger partial charge in [0.05, 0.1) is 44.4 Å². The Bertz CT molecular complexity index is 1810. The summed E-state index contributed by atoms with van der Waals surface area (Å²) in [7, 11) is 2.90. The lowest BCUT2D eigenvalue weighted by atomic mass is 9.80. The number of piperazine rings is 1. The van der Waals surface area contributed by atoms with Gasteiger partial charge < -0.3 is 38.4 Å². The minimum Gasteiger partial charge on any atom is -0.493 e. The van der Waals surface area contributed by atoms with Gasteiger partial charge in [0.25, 0.3) is 5.91 Å². The van der Waals surface area contributed by atoms with E-state index >= 15 is 0 Å². The molecule has 3 atom stereocenters. The second-order valence-corrected chi connectivity index (χ2v) is 13.3. The zero-order valence-electron chi connectivity index (χ0n) is 29.7. The zero-order chi connectivity index (χ0) is 36.5. The molecule has 1 aliphatic heterocycles. The molecule has 12 nitrogen and oxygen atoms in total. The fourth-order valence-electron chi connectivity index (χ4n) is 7.31. The highest BCUT2D eigenvalue weighted by molar-refractivity contribution is 5.98. The molecule has 1 saturated carbocycles. The maximum absolute atomic E-state index is 14.7. The van der Waals surface area contributed by atoms with Crippen LogP contribution in [0, 0.1) is 0 Å². The summed E-state index contributed by atoms with van der Waals surface area (Å²) in [5, 5.41) is 11.8. The zero-order valence-corrected chi connectivity index (χ0v) is 29.7. The molecule has 0 radical (unpaired) electrons. The molecule has 0 bridgehead atoms. The van der Waals surface area contributed by atoms with Crippen molar-refractivity contribution in [1.82, 2.24) is 19.4 Å². The Morgan fingerprint density at radius 2 is 1.65 bits per heavy atom. The summed E-state index contributed by atoms with van der Waals surface area (Å²) >= 11 is 0. The van der Waals surface area contributed by atoms with Crippen molar-refractivity contribution < 1.29 is 38.4 Å². The van der Waals surface area contributed by atoms with Crippen LogP contribution in [-0.4, -0.2) is 101 Å². The predicted octanol–water partition coefficient (Wildman–Crippen LogP) is 5.76. The first kappa shape index (κ1) is 36.6. The fraction of sp³-hybridized carbons (Fsp3) is 0.400. The number of para-hydroxylation sites is 1. The fourth-order valence-corrected chi connectivity index (χ4v) is 7.31. The van der Waals surface area contributed by atoms with Crippen LogP contribution in [-0.2, 0) is 20.8 Å². The normalized spacial score (nSPS) is 20.3. The van der Waals surface area contributed by atoms with Gasteiger partial charge in [-0.05, 0) is 30.5 Å². The van der Waals surface area contributed by atoms with Gasteiger partial charge >= 0.3 is 12.1 Å². The number of nitrogens with zero attached hydrogens (tertiary/aromatic N) is 4. The second-order valence-electron chi connectivity index (χ2n) is 13.3. The summed E-state index contributed by atoms with van der Waals surface area (Å²) in [6, 6.07) is 25.1. The lowest BCUT2D eigenvalue weighted by Gasteiger charge is -2.41. The lowest BCUT2D eigenvalue weighted by molar-refractivity contribution is -0.0893. The van der Waals surface area contributed by atoms with E-state index in [2.05, 4.69) is 0 Å². The van der Waals surface area contributed by atoms with Crippen molar-refractivity contribution in [2.75, 3.05) is 47.1 Å². The van der Waals surface area contributed by atoms with E-state index in [1.165, 1.54) is 7.11 Å². The molecule has 1 aromatic heterocycles. The van der Waals surface area contributed by atoms with Crippen molar-refractivity contribution in [2.45, 2.75) is 56.4 Å². The highest BCUT2D eigenvalue weighted by Gasteiger charge is 2.43. The van der Waals surface area contributed by atoms with E-state index in [0.29, 0.717) is 36.3 Å². The molecule has 2 fully saturated rings. The average molecular weight is 711 g/mol. The maximum atomic E-state index is 14.7. The van der Waals surface area contributed by atoms with Crippen molar-refractivity contribution in [3.63, 3.8) is 0 Å². The molecule has 274 valence electrons. The molecule has 2 heterocycles. The standard InChI is InChI=1S/C40H46N4O8/c1-49-27-40(48)21-12-11-19-34(40)44-28-41-35(36(44)30-15-7-4-8-16-30)37(45)43-23-22-42(39(47)52-26-29-13-5-3-6-14-29)25-31(43)20-24-51-33-18-10-9-17-32(33)38(46)50-2/h3-10,13-18,28,31,34,48H,11-12,19-27H2,1-2H3/t31-,34-,40-/m1/s1. The SMILES string of the molecule is COC[C@]1(O)CCCC[C@H]1n1cnc(C(=O)N2CCN(C(=O)OCc3ccccc3)C[C@H]2CCOc2ccccc2C(=O)OC)c1-c1ccccc1. The first-order valence-corrected chi connectivity index (χ1v) is 17.7. The van der Waals surface area contributed by atoms with E-state index in [4.69, 9.17) is 23.9 Å². The van der Waals surface area contributed by atoms with Crippen LogP contribution in [0.25, 0.3) is 11.3 Å². The third-order valence-corrected chi connectivity index (χ3v) is 9.94. The highest BCUT2D eigenvalue weighted by atomic mass is 16.6. The number of benzene rings is 3. The van der Waals surface area contributed by atoms with Crippen LogP contribution in [0.15, 0.2) is 91.3 Å². The Labute approximate surface area is 303 Å². The number of hydrogen-bond donors (Lipinski definition) is 1. The number of methoxy groups -OCH3 is 2. The van der Waals surface area contributed by atoms with Crippen LogP contribution in [0.1, 0.15) is 64.6 Å². The van der Waals surface area contributed by atoms with Crippen molar-refractivity contribution in [1.29, 1.82) is 0 Å². The third kappa shape index (κ3) is 8.13. The maximum Gasteiger partial charge on any atom is 0.410 e. The topological polar surface area (TPSA) is 133 Å². The lowest BCUT2D eigenvalue weighted by Crippen LogP contribution is -2.57. The minimum atomic E-state index is -1.12. The van der Waals surface area contributed by atoms with Crippen molar-refractivity contribution in [3.8, 4) is 17.0 Å². The average Bonchev–Trinajstić information content (AvgIpc) is 3.62. The number of amides is 2. The summed E-state index contributed by atoms with van der Waals surface area (Å²) in [6.07, 6.45) is 4.62. The van der Waals surface area contributed by atoms with E-state index in [9.17, 15) is 19.5 Å². The molecular formula is C40H46N4O8. The molecule has 6 rings (SSSR count). The summed E-state index contributed by atoms with van der Waals surface area (Å²) in [5.41, 5.74) is 1.73. The Hall–Kier alpha value is -5.20. The van der Waals surface area contributed by atoms with E-state index in [1.54, 1.807) is 47.5 Å². The van der Waals surface area contributed by atoms with Crippen LogP contribution in [0.3, 0.4) is 0 Å². The molecular weight excluding hydrogens is 664 g/mol. The first-order chi connectivity index (χ1) is 25.3. The molecule has 2 amide bonds. The van der Waals surface area contributed by atoms with E-state index in [-0.39, 0.29) is 57.1 Å². The van der Waals surface area contributed by atoms with Gasteiger partial charge in [-0.15, -0.1) is 0 Å². The summed E-state index contributed by atoms with van der Waals surface area (Å²) in [5.74, 6) is -0.443. The highest BCUT2D eigenvalue weighted by Crippen LogP contribution is 2.41. The summed E-state index contributed by atoms with van der Waals surface area (Å²) in [6.45, 7) is 1.16. The molecule has 0 spiro atoms. The van der Waals surface area contributed by atoms with Gasteiger partial charge in [-0.3, -0.25) is 4.79 Å². The number of ether oxygens (including phenoxy) is 4. The van der Waals surface area contributed by atoms with Crippen molar-refractivity contribution in [2.24, 2.45) is 0 Å². The summed E-state index contributed by atoms with van der Waals surface area (Å²) in [4.78, 5) is 48.5. The van der Waals surface area contributed by atoms with Crippen LogP contribution in [0.2, 0.25) is 0 Å². The van der Waals surface area contributed by atoms with E-state index in [0.717, 1.165) is 24.0 Å². The number of aliphatic hydroxyl groups is 1. The largest absolute Gasteiger partial charge is 0.493 e. The molecule has 0 unspecified atom stereocenters. The number of esters is 1. The molecule has 12 heteroatoms. The molecule has 1 N–H and O–H groups in total. The number of rotatable bonds is 12. The van der Waals surface area contributed by atoms with E-state index < -0.39 is 23.7 Å². The van der Waals surface area contributed by atoms with Gasteiger partial charge in [0.2, 0.25) is 0 Å². The number of imidazole rings is 1. The van der Waals surface area contributed by atoms with Crippen molar-refractivity contribution in [3.05, 3.63) is 108 Å². The molecule has 4 aromatic rings. The van der Waals surface area contributed by atoms with Gasteiger partial charge in [0, 0.05) is 38.7 Å². The van der Waals surface area contributed by atoms with Gasteiger partial charge in [0.15, 0.2) is 5.69 Å². The third-order valence-electron chi connectivity index (χ3n) is 9.94. The number of carbonyl (C=O) groups excluding carboxylic acids is 3. The first-order valence-electron chi connectivity index (χ1n) is 17.7. The number of carbonyl (C=O) groups is 3. The molecule has 3 aromatic carbocycles. The van der Waals surface area contributed by atoms with Crippen LogP contribution in [0.5, 0.6) is 5.75 Å². The van der Waals surface area contributed by atoms with Gasteiger partial charge in [-0.2, -0.15) is 0 Å². The van der Waals surface area contributed by atoms with Crippen molar-refractivity contribution >= 4 is 18.0 Å². The Morgan fingerprint density at radius 3 is 2.40 bits per heavy atom. The number of aromatic nitrogens is 2. The monoisotopic (exact) mass is 710 g/mol. The minimum absolute atomic E-state index is 0.130. The summed E-state index contributed by atoms with van der Waals surface area (Å²) < 4.78 is 24.1. The smallest absolute Gasteiger partial charge is 0.410 e. The predicted molar refractivity (Wildman–Crippen MR) is 193 cm³/mol. The van der Waals surface area contributed by atoms with Gasteiger partial charge in [-0.1, -0.05) is 85.6 Å². The molecule has 2 aliphatic rings. The Kier molecular flexibility index (Phi) is 11.9. The Balaban J connectivity index is 1.28. The van der Waals surface area contributed by atoms with Crippen LogP contribution in [0.4, 0.5) is 4.79 Å². The molecule has 1 aliphatic carbocycles. The molecule has 1 saturated heterocycles. The van der Waals surface area contributed by atoms with Crippen LogP contribution >= 0.6 is 0 Å². The number of hydrogen-bond acceptors (Lipinski definition) is 9. The second kappa shape index (κ2) is 16.9. The molecule has 52 heavy (non-hydrogen) atoms. The van der Waals surface area contributed by atoms with E-state index in [1.807, 2.05) is 65.2 Å².